The molecule has 0 aliphatic heterocycles. The largest absolute Gasteiger partial charge is 0.192 e. The lowest BCUT2D eigenvalue weighted by molar-refractivity contribution is 1.12. The summed E-state index contributed by atoms with van der Waals surface area (Å²) in [6.07, 6.45) is 1.60. The van der Waals surface area contributed by atoms with Crippen LogP contribution >= 0.6 is 0 Å². The zero-order valence-electron chi connectivity index (χ0n) is 12.4. The van der Waals surface area contributed by atoms with Crippen LogP contribution in [-0.2, 0) is 12.8 Å². The molecule has 0 bridgehead atoms. The molecule has 0 amide bonds. The molecule has 22 heavy (non-hydrogen) atoms. The molecule has 0 aliphatic rings. The van der Waals surface area contributed by atoms with E-state index in [-0.39, 0.29) is 0 Å². The Morgan fingerprint density at radius 3 is 1.45 bits per heavy atom. The Morgan fingerprint density at radius 1 is 0.591 bits per heavy atom. The standard InChI is InChI=1S/C21H17N/c22-16-21-19(14-17-8-3-1-4-9-17)12-7-13-20(21)15-18-10-5-2-6-11-18/h1-13H,14-15H2. The minimum Gasteiger partial charge on any atom is -0.192 e. The Labute approximate surface area is 131 Å². The van der Waals surface area contributed by atoms with Gasteiger partial charge in [0.25, 0.3) is 0 Å². The zero-order chi connectivity index (χ0) is 15.2. The van der Waals surface area contributed by atoms with Crippen LogP contribution < -0.4 is 0 Å². The maximum atomic E-state index is 9.61. The van der Waals surface area contributed by atoms with Crippen LogP contribution in [0.3, 0.4) is 0 Å². The molecule has 0 aliphatic carbocycles. The lowest BCUT2D eigenvalue weighted by atomic mass is 9.93. The highest BCUT2D eigenvalue weighted by atomic mass is 14.3. The first kappa shape index (κ1) is 14.1. The number of benzene rings is 3. The van der Waals surface area contributed by atoms with Gasteiger partial charge in [-0.3, -0.25) is 0 Å². The lowest BCUT2D eigenvalue weighted by Gasteiger charge is -2.10. The third-order valence-corrected chi connectivity index (χ3v) is 3.82. The van der Waals surface area contributed by atoms with E-state index in [4.69, 9.17) is 0 Å². The Bertz CT molecular complexity index is 723. The molecule has 3 aromatic carbocycles. The molecule has 0 fully saturated rings. The highest BCUT2D eigenvalue weighted by Gasteiger charge is 2.09. The molecule has 3 rings (SSSR count). The first-order chi connectivity index (χ1) is 10.9. The molecule has 0 saturated heterocycles. The van der Waals surface area contributed by atoms with E-state index in [2.05, 4.69) is 48.5 Å². The van der Waals surface area contributed by atoms with Crippen LogP contribution in [0.5, 0.6) is 0 Å². The van der Waals surface area contributed by atoms with Gasteiger partial charge in [0.15, 0.2) is 0 Å². The molecule has 0 unspecified atom stereocenters. The van der Waals surface area contributed by atoms with Crippen molar-refractivity contribution in [2.45, 2.75) is 12.8 Å². The van der Waals surface area contributed by atoms with Crippen molar-refractivity contribution in [3.05, 3.63) is 107 Å². The fraction of sp³-hybridized carbons (Fsp3) is 0.0952. The summed E-state index contributed by atoms with van der Waals surface area (Å²) in [5, 5.41) is 9.61. The van der Waals surface area contributed by atoms with E-state index in [1.54, 1.807) is 0 Å². The van der Waals surface area contributed by atoms with Crippen molar-refractivity contribution in [3.8, 4) is 6.07 Å². The molecule has 1 nitrogen and oxygen atoms in total. The van der Waals surface area contributed by atoms with Crippen LogP contribution in [-0.4, -0.2) is 0 Å². The minimum absolute atomic E-state index is 0.798. The van der Waals surface area contributed by atoms with E-state index in [1.165, 1.54) is 11.1 Å². The molecule has 0 heterocycles. The van der Waals surface area contributed by atoms with Gasteiger partial charge in [0.05, 0.1) is 11.6 Å². The topological polar surface area (TPSA) is 23.8 Å². The van der Waals surface area contributed by atoms with Gasteiger partial charge in [-0.2, -0.15) is 5.26 Å². The smallest absolute Gasteiger partial charge is 0.0997 e. The third-order valence-electron chi connectivity index (χ3n) is 3.82. The molecule has 0 aromatic heterocycles. The van der Waals surface area contributed by atoms with E-state index in [9.17, 15) is 5.26 Å². The van der Waals surface area contributed by atoms with Crippen LogP contribution in [0, 0.1) is 11.3 Å². The van der Waals surface area contributed by atoms with Crippen molar-refractivity contribution < 1.29 is 0 Å². The molecule has 106 valence electrons. The van der Waals surface area contributed by atoms with E-state index in [1.807, 2.05) is 36.4 Å². The lowest BCUT2D eigenvalue weighted by Crippen LogP contribution is -1.99. The van der Waals surface area contributed by atoms with Gasteiger partial charge < -0.3 is 0 Å². The van der Waals surface area contributed by atoms with Gasteiger partial charge in [0.1, 0.15) is 0 Å². The van der Waals surface area contributed by atoms with Crippen molar-refractivity contribution in [2.24, 2.45) is 0 Å². The maximum Gasteiger partial charge on any atom is 0.0997 e. The number of nitrogens with zero attached hydrogens (tertiary/aromatic N) is 1. The first-order valence-corrected chi connectivity index (χ1v) is 7.45. The minimum atomic E-state index is 0.798. The third kappa shape index (κ3) is 3.24. The zero-order valence-corrected chi connectivity index (χ0v) is 12.4. The normalized spacial score (nSPS) is 10.1. The predicted octanol–water partition coefficient (Wildman–Crippen LogP) is 4.74. The van der Waals surface area contributed by atoms with Crippen LogP contribution in [0.25, 0.3) is 0 Å². The van der Waals surface area contributed by atoms with E-state index >= 15 is 0 Å². The summed E-state index contributed by atoms with van der Waals surface area (Å²) in [4.78, 5) is 0. The van der Waals surface area contributed by atoms with Gasteiger partial charge in [-0.25, -0.2) is 0 Å². The number of rotatable bonds is 4. The Morgan fingerprint density at radius 2 is 1.05 bits per heavy atom. The van der Waals surface area contributed by atoms with Gasteiger partial charge in [-0.05, 0) is 35.1 Å². The van der Waals surface area contributed by atoms with E-state index in [0.717, 1.165) is 29.5 Å². The van der Waals surface area contributed by atoms with Gasteiger partial charge in [-0.1, -0.05) is 78.9 Å². The summed E-state index contributed by atoms with van der Waals surface area (Å²) < 4.78 is 0. The van der Waals surface area contributed by atoms with Crippen LogP contribution in [0.1, 0.15) is 27.8 Å². The quantitative estimate of drug-likeness (QED) is 0.678. The van der Waals surface area contributed by atoms with E-state index < -0.39 is 0 Å². The SMILES string of the molecule is N#Cc1c(Cc2ccccc2)cccc1Cc1ccccc1. The molecular formula is C21H17N. The second-order valence-corrected chi connectivity index (χ2v) is 5.39. The summed E-state index contributed by atoms with van der Waals surface area (Å²) in [6.45, 7) is 0. The van der Waals surface area contributed by atoms with Crippen LogP contribution in [0.15, 0.2) is 78.9 Å². The van der Waals surface area contributed by atoms with Gasteiger partial charge in [-0.15, -0.1) is 0 Å². The monoisotopic (exact) mass is 283 g/mol. The highest BCUT2D eigenvalue weighted by Crippen LogP contribution is 2.20. The van der Waals surface area contributed by atoms with Crippen molar-refractivity contribution in [2.75, 3.05) is 0 Å². The molecule has 0 spiro atoms. The first-order valence-electron chi connectivity index (χ1n) is 7.45. The average molecular weight is 283 g/mol. The summed E-state index contributed by atoms with van der Waals surface area (Å²) in [7, 11) is 0. The van der Waals surface area contributed by atoms with Crippen LogP contribution in [0.4, 0.5) is 0 Å². The average Bonchev–Trinajstić information content (AvgIpc) is 2.57. The van der Waals surface area contributed by atoms with Crippen molar-refractivity contribution in [1.29, 1.82) is 5.26 Å². The molecule has 0 N–H and O–H groups in total. The number of nitriles is 1. The molecule has 0 radical (unpaired) electrons. The highest BCUT2D eigenvalue weighted by molar-refractivity contribution is 5.48. The molecule has 3 aromatic rings. The summed E-state index contributed by atoms with van der Waals surface area (Å²) >= 11 is 0. The predicted molar refractivity (Wildman–Crippen MR) is 89.7 cm³/mol. The Balaban J connectivity index is 1.92. The van der Waals surface area contributed by atoms with Crippen molar-refractivity contribution in [1.82, 2.24) is 0 Å². The summed E-state index contributed by atoms with van der Waals surface area (Å²) in [6, 6.07) is 29.2. The Kier molecular flexibility index (Phi) is 4.32. The number of hydrogen-bond acceptors (Lipinski definition) is 1. The van der Waals surface area contributed by atoms with Crippen molar-refractivity contribution in [3.63, 3.8) is 0 Å². The second kappa shape index (κ2) is 6.74. The van der Waals surface area contributed by atoms with E-state index in [0.29, 0.717) is 0 Å². The molecule has 0 atom stereocenters. The fourth-order valence-electron chi connectivity index (χ4n) is 2.72. The Hall–Kier alpha value is -2.85. The molecular weight excluding hydrogens is 266 g/mol. The van der Waals surface area contributed by atoms with Crippen molar-refractivity contribution >= 4 is 0 Å². The van der Waals surface area contributed by atoms with Gasteiger partial charge in [0, 0.05) is 0 Å². The fourth-order valence-corrected chi connectivity index (χ4v) is 2.72. The van der Waals surface area contributed by atoms with Gasteiger partial charge >= 0.3 is 0 Å². The summed E-state index contributed by atoms with van der Waals surface area (Å²) in [5.41, 5.74) is 5.48. The van der Waals surface area contributed by atoms with Gasteiger partial charge in [0.2, 0.25) is 0 Å². The second-order valence-electron chi connectivity index (χ2n) is 5.39. The maximum absolute atomic E-state index is 9.61. The summed E-state index contributed by atoms with van der Waals surface area (Å²) in [5.74, 6) is 0. The molecule has 1 heteroatoms. The molecule has 0 saturated carbocycles. The van der Waals surface area contributed by atoms with Crippen LogP contribution in [0.2, 0.25) is 0 Å². The number of hydrogen-bond donors (Lipinski definition) is 0.